The van der Waals surface area contributed by atoms with Crippen LogP contribution in [0.15, 0.2) is 66.8 Å². The monoisotopic (exact) mass is 385 g/mol. The van der Waals surface area contributed by atoms with E-state index in [4.69, 9.17) is 9.72 Å². The highest BCUT2D eigenvalue weighted by molar-refractivity contribution is 5.99. The lowest BCUT2D eigenvalue weighted by Gasteiger charge is -2.17. The van der Waals surface area contributed by atoms with Gasteiger partial charge in [-0.25, -0.2) is 9.18 Å². The van der Waals surface area contributed by atoms with Crippen molar-refractivity contribution in [2.45, 2.75) is 31.3 Å². The number of benzene rings is 2. The normalized spacial score (nSPS) is 19.1. The van der Waals surface area contributed by atoms with Crippen molar-refractivity contribution in [1.82, 2.24) is 4.98 Å². The van der Waals surface area contributed by atoms with Gasteiger partial charge in [-0.3, -0.25) is 4.98 Å². The average molecular weight is 385 g/mol. The van der Waals surface area contributed by atoms with Gasteiger partial charge in [-0.15, -0.1) is 0 Å². The zero-order valence-electron chi connectivity index (χ0n) is 15.8. The highest BCUT2D eigenvalue weighted by atomic mass is 19.1. The van der Waals surface area contributed by atoms with Gasteiger partial charge in [0.25, 0.3) is 0 Å². The number of para-hydroxylation sites is 1. The second-order valence-corrected chi connectivity index (χ2v) is 7.56. The van der Waals surface area contributed by atoms with Crippen LogP contribution in [-0.2, 0) is 9.53 Å². The topological polar surface area (TPSA) is 39.2 Å². The number of carbonyl (C=O) groups excluding carboxylic acids is 1. The number of nitrogens with zero attached hydrogens (tertiary/aromatic N) is 1. The zero-order chi connectivity index (χ0) is 19.8. The van der Waals surface area contributed by atoms with Gasteiger partial charge in [-0.1, -0.05) is 42.5 Å². The zero-order valence-corrected chi connectivity index (χ0v) is 15.8. The van der Waals surface area contributed by atoms with Crippen LogP contribution in [0.4, 0.5) is 4.39 Å². The summed E-state index contributed by atoms with van der Waals surface area (Å²) in [5, 5.41) is 1.03. The second-order valence-electron chi connectivity index (χ2n) is 7.56. The van der Waals surface area contributed by atoms with E-state index in [0.717, 1.165) is 46.1 Å². The van der Waals surface area contributed by atoms with E-state index in [1.165, 1.54) is 18.2 Å². The van der Waals surface area contributed by atoms with Crippen LogP contribution >= 0.6 is 0 Å². The Kier molecular flexibility index (Phi) is 4.47. The molecule has 0 spiro atoms. The molecule has 1 fully saturated rings. The van der Waals surface area contributed by atoms with Crippen molar-refractivity contribution < 1.29 is 13.9 Å². The fraction of sp³-hybridized carbons (Fsp3) is 0.200. The van der Waals surface area contributed by atoms with E-state index in [1.54, 1.807) is 0 Å². The molecule has 2 aliphatic rings. The van der Waals surface area contributed by atoms with Crippen molar-refractivity contribution >= 4 is 22.9 Å². The Labute approximate surface area is 168 Å². The van der Waals surface area contributed by atoms with E-state index in [9.17, 15) is 9.18 Å². The van der Waals surface area contributed by atoms with Gasteiger partial charge >= 0.3 is 5.97 Å². The van der Waals surface area contributed by atoms with Gasteiger partial charge in [0, 0.05) is 34.9 Å². The lowest BCUT2D eigenvalue weighted by Crippen LogP contribution is -2.17. The lowest BCUT2D eigenvalue weighted by atomic mass is 9.92. The summed E-state index contributed by atoms with van der Waals surface area (Å²) in [4.78, 5) is 16.5. The Balaban J connectivity index is 1.70. The average Bonchev–Trinajstić information content (AvgIpc) is 3.57. The van der Waals surface area contributed by atoms with E-state index in [0.29, 0.717) is 12.3 Å². The van der Waals surface area contributed by atoms with Crippen LogP contribution < -0.4 is 0 Å². The van der Waals surface area contributed by atoms with Crippen molar-refractivity contribution in [3.05, 3.63) is 83.8 Å². The number of pyridine rings is 1. The number of carbonyl (C=O) groups is 1. The van der Waals surface area contributed by atoms with Crippen molar-refractivity contribution in [3.8, 4) is 11.1 Å². The number of ether oxygens (including phenoxy) is 1. The Hall–Kier alpha value is -3.27. The summed E-state index contributed by atoms with van der Waals surface area (Å²) < 4.78 is 19.0. The van der Waals surface area contributed by atoms with E-state index < -0.39 is 0 Å². The standard InChI is InChI=1S/C25H20FNO2/c26-18-12-10-16(11-13-18)24-20-5-1-2-6-22(20)27-25(17-8-9-17)21(24)15-14-19-4-3-7-23(28)29-19/h1-3,5-7,10-15,17,19H,4,8-9H2/t19-/m0/s1. The molecule has 2 heterocycles. The Morgan fingerprint density at radius 3 is 2.62 bits per heavy atom. The fourth-order valence-corrected chi connectivity index (χ4v) is 3.87. The first-order chi connectivity index (χ1) is 14.2. The molecular weight excluding hydrogens is 365 g/mol. The number of halogens is 1. The summed E-state index contributed by atoms with van der Waals surface area (Å²) in [6.07, 6.45) is 9.88. The van der Waals surface area contributed by atoms with Gasteiger partial charge in [-0.05, 0) is 42.7 Å². The number of rotatable bonds is 4. The van der Waals surface area contributed by atoms with Crippen molar-refractivity contribution in [2.24, 2.45) is 0 Å². The first-order valence-electron chi connectivity index (χ1n) is 9.93. The summed E-state index contributed by atoms with van der Waals surface area (Å²) in [6, 6.07) is 14.7. The SMILES string of the molecule is O=C1C=CC[C@@H](C=Cc2c(C3CC3)nc3ccccc3c2-c2ccc(F)cc2)O1. The van der Waals surface area contributed by atoms with E-state index in [-0.39, 0.29) is 17.9 Å². The smallest absolute Gasteiger partial charge is 0.331 e. The Morgan fingerprint density at radius 1 is 1.07 bits per heavy atom. The van der Waals surface area contributed by atoms with Crippen LogP contribution in [0.3, 0.4) is 0 Å². The van der Waals surface area contributed by atoms with E-state index >= 15 is 0 Å². The first kappa shape index (κ1) is 17.8. The molecule has 1 aromatic heterocycles. The highest BCUT2D eigenvalue weighted by Crippen LogP contribution is 2.45. The molecule has 3 nitrogen and oxygen atoms in total. The van der Waals surface area contributed by atoms with Crippen LogP contribution in [0.25, 0.3) is 28.1 Å². The van der Waals surface area contributed by atoms with E-state index in [1.807, 2.05) is 48.6 Å². The first-order valence-corrected chi connectivity index (χ1v) is 9.93. The minimum atomic E-state index is -0.316. The molecule has 0 radical (unpaired) electrons. The molecule has 1 aliphatic carbocycles. The number of hydrogen-bond acceptors (Lipinski definition) is 3. The van der Waals surface area contributed by atoms with E-state index in [2.05, 4.69) is 6.07 Å². The number of cyclic esters (lactones) is 1. The molecule has 3 aromatic rings. The molecule has 0 N–H and O–H groups in total. The minimum Gasteiger partial charge on any atom is -0.455 e. The van der Waals surface area contributed by atoms with Gasteiger partial charge in [-0.2, -0.15) is 0 Å². The molecule has 4 heteroatoms. The molecule has 144 valence electrons. The van der Waals surface area contributed by atoms with Gasteiger partial charge in [0.1, 0.15) is 11.9 Å². The molecule has 1 saturated carbocycles. The number of hydrogen-bond donors (Lipinski definition) is 0. The number of fused-ring (bicyclic) bond motifs is 1. The quantitative estimate of drug-likeness (QED) is 0.533. The molecule has 0 unspecified atom stereocenters. The molecule has 0 amide bonds. The van der Waals surface area contributed by atoms with Crippen LogP contribution in [-0.4, -0.2) is 17.1 Å². The third-order valence-corrected chi connectivity index (χ3v) is 5.42. The van der Waals surface area contributed by atoms with Gasteiger partial charge in [0.05, 0.1) is 11.2 Å². The summed E-state index contributed by atoms with van der Waals surface area (Å²) in [6.45, 7) is 0. The molecule has 0 bridgehead atoms. The summed E-state index contributed by atoms with van der Waals surface area (Å²) in [7, 11) is 0. The summed E-state index contributed by atoms with van der Waals surface area (Å²) in [5.41, 5.74) is 5.04. The van der Waals surface area contributed by atoms with Gasteiger partial charge in [0.15, 0.2) is 0 Å². The highest BCUT2D eigenvalue weighted by Gasteiger charge is 2.29. The summed E-state index contributed by atoms with van der Waals surface area (Å²) >= 11 is 0. The Bertz CT molecular complexity index is 1140. The van der Waals surface area contributed by atoms with Crippen LogP contribution in [0, 0.1) is 5.82 Å². The van der Waals surface area contributed by atoms with Crippen LogP contribution in [0.2, 0.25) is 0 Å². The predicted molar refractivity (Wildman–Crippen MR) is 112 cm³/mol. The maximum absolute atomic E-state index is 13.6. The lowest BCUT2D eigenvalue weighted by molar-refractivity contribution is -0.141. The maximum Gasteiger partial charge on any atom is 0.331 e. The molecule has 1 atom stereocenters. The molecule has 0 saturated heterocycles. The van der Waals surface area contributed by atoms with Gasteiger partial charge in [0.2, 0.25) is 0 Å². The van der Waals surface area contributed by atoms with Crippen molar-refractivity contribution in [2.75, 3.05) is 0 Å². The van der Waals surface area contributed by atoms with Gasteiger partial charge < -0.3 is 4.74 Å². The maximum atomic E-state index is 13.6. The minimum absolute atomic E-state index is 0.257. The third kappa shape index (κ3) is 3.58. The largest absolute Gasteiger partial charge is 0.455 e. The third-order valence-electron chi connectivity index (χ3n) is 5.42. The summed E-state index contributed by atoms with van der Waals surface area (Å²) in [5.74, 6) is -0.136. The Morgan fingerprint density at radius 2 is 1.86 bits per heavy atom. The molecular formula is C25H20FNO2. The second kappa shape index (κ2) is 7.28. The molecule has 29 heavy (non-hydrogen) atoms. The van der Waals surface area contributed by atoms with Crippen LogP contribution in [0.5, 0.6) is 0 Å². The van der Waals surface area contributed by atoms with Crippen LogP contribution in [0.1, 0.15) is 36.4 Å². The number of aromatic nitrogens is 1. The van der Waals surface area contributed by atoms with Crippen molar-refractivity contribution in [1.29, 1.82) is 0 Å². The molecule has 2 aromatic carbocycles. The predicted octanol–water partition coefficient (Wildman–Crippen LogP) is 5.80. The molecule has 1 aliphatic heterocycles. The fourth-order valence-electron chi connectivity index (χ4n) is 3.87. The number of esters is 1. The molecule has 5 rings (SSSR count). The van der Waals surface area contributed by atoms with Crippen molar-refractivity contribution in [3.63, 3.8) is 0 Å².